The van der Waals surface area contributed by atoms with Crippen molar-refractivity contribution in [2.45, 2.75) is 31.8 Å². The molecule has 36 heavy (non-hydrogen) atoms. The van der Waals surface area contributed by atoms with Crippen LogP contribution in [0, 0.1) is 0 Å². The molecule has 186 valence electrons. The second kappa shape index (κ2) is 10.0. The van der Waals surface area contributed by atoms with E-state index in [0.29, 0.717) is 6.04 Å². The van der Waals surface area contributed by atoms with Crippen molar-refractivity contribution >= 4 is 39.5 Å². The third-order valence-electron chi connectivity index (χ3n) is 7.34. The highest BCUT2D eigenvalue weighted by atomic mass is 32.1. The maximum absolute atomic E-state index is 13.6. The standard InChI is InChI=1S/C28H31N5O2S/c1-19-4-2-12-33(19)27(25-5-3-17-36-25)28(34)29-21-8-11-24-23(18-21)26(31-30-24)20-6-9-22(10-7-20)32-13-15-35-16-14-32/h3,5-11,17-19,27H,2,4,12-16H2,1H3,(H,29,34)(H,30,31)/t19-,27?/m0/s1. The smallest absolute Gasteiger partial charge is 0.247 e. The van der Waals surface area contributed by atoms with Crippen molar-refractivity contribution in [1.82, 2.24) is 15.1 Å². The molecule has 2 aromatic heterocycles. The summed E-state index contributed by atoms with van der Waals surface area (Å²) in [7, 11) is 0. The number of likely N-dealkylation sites (tertiary alicyclic amines) is 1. The Hall–Kier alpha value is -3.20. The van der Waals surface area contributed by atoms with Gasteiger partial charge in [0.05, 0.1) is 24.4 Å². The van der Waals surface area contributed by atoms with Crippen molar-refractivity contribution in [3.8, 4) is 11.3 Å². The third kappa shape index (κ3) is 4.52. The lowest BCUT2D eigenvalue weighted by Crippen LogP contribution is -2.38. The highest BCUT2D eigenvalue weighted by molar-refractivity contribution is 7.10. The van der Waals surface area contributed by atoms with Gasteiger partial charge in [-0.1, -0.05) is 18.2 Å². The van der Waals surface area contributed by atoms with Crippen LogP contribution in [0.3, 0.4) is 0 Å². The molecule has 2 saturated heterocycles. The number of H-pyrrole nitrogens is 1. The molecule has 2 fully saturated rings. The number of aromatic nitrogens is 2. The minimum Gasteiger partial charge on any atom is -0.378 e. The topological polar surface area (TPSA) is 73.5 Å². The van der Waals surface area contributed by atoms with Crippen LogP contribution in [0.25, 0.3) is 22.2 Å². The summed E-state index contributed by atoms with van der Waals surface area (Å²) in [6.07, 6.45) is 2.26. The molecule has 2 aromatic carbocycles. The van der Waals surface area contributed by atoms with Gasteiger partial charge in [-0.2, -0.15) is 5.10 Å². The van der Waals surface area contributed by atoms with Crippen molar-refractivity contribution in [1.29, 1.82) is 0 Å². The predicted molar refractivity (Wildman–Crippen MR) is 146 cm³/mol. The maximum atomic E-state index is 13.6. The second-order valence-electron chi connectivity index (χ2n) is 9.62. The SMILES string of the molecule is C[C@H]1CCCN1C(C(=O)Nc1ccc2[nH]nc(-c3ccc(N4CCOCC4)cc3)c2c1)c1cccs1. The number of anilines is 2. The molecule has 2 aliphatic rings. The first-order valence-electron chi connectivity index (χ1n) is 12.7. The Bertz CT molecular complexity index is 1330. The molecule has 2 N–H and O–H groups in total. The van der Waals surface area contributed by atoms with Crippen LogP contribution in [0.2, 0.25) is 0 Å². The van der Waals surface area contributed by atoms with Gasteiger partial charge in [0.25, 0.3) is 0 Å². The summed E-state index contributed by atoms with van der Waals surface area (Å²) >= 11 is 1.65. The first-order chi connectivity index (χ1) is 17.7. The van der Waals surface area contributed by atoms with Gasteiger partial charge in [0, 0.05) is 46.3 Å². The number of aromatic amines is 1. The van der Waals surface area contributed by atoms with Gasteiger partial charge in [-0.3, -0.25) is 14.8 Å². The number of morpholine rings is 1. The number of hydrogen-bond donors (Lipinski definition) is 2. The average Bonchev–Trinajstić information content (AvgIpc) is 3.67. The van der Waals surface area contributed by atoms with E-state index in [1.165, 1.54) is 5.69 Å². The molecule has 0 spiro atoms. The lowest BCUT2D eigenvalue weighted by Gasteiger charge is -2.29. The zero-order valence-corrected chi connectivity index (χ0v) is 21.3. The minimum absolute atomic E-state index is 0.0189. The van der Waals surface area contributed by atoms with Crippen LogP contribution >= 0.6 is 11.3 Å². The Kier molecular flexibility index (Phi) is 6.48. The molecule has 6 rings (SSSR count). The normalized spacial score (nSPS) is 19.6. The summed E-state index contributed by atoms with van der Waals surface area (Å²) in [4.78, 5) is 19.3. The molecule has 7 nitrogen and oxygen atoms in total. The largest absolute Gasteiger partial charge is 0.378 e. The van der Waals surface area contributed by atoms with Gasteiger partial charge in [0.2, 0.25) is 5.91 Å². The molecule has 0 bridgehead atoms. The molecule has 0 aliphatic carbocycles. The summed E-state index contributed by atoms with van der Waals surface area (Å²) in [5, 5.41) is 14.0. The van der Waals surface area contributed by atoms with E-state index >= 15 is 0 Å². The molecule has 0 saturated carbocycles. The van der Waals surface area contributed by atoms with Gasteiger partial charge in [-0.25, -0.2) is 0 Å². The van der Waals surface area contributed by atoms with E-state index in [9.17, 15) is 4.79 Å². The number of rotatable bonds is 6. The number of benzene rings is 2. The summed E-state index contributed by atoms with van der Waals surface area (Å²) in [5.74, 6) is 0.0189. The predicted octanol–water partition coefficient (Wildman–Crippen LogP) is 5.29. The lowest BCUT2D eigenvalue weighted by molar-refractivity contribution is -0.121. The van der Waals surface area contributed by atoms with Crippen molar-refractivity contribution in [2.24, 2.45) is 0 Å². The van der Waals surface area contributed by atoms with E-state index in [-0.39, 0.29) is 11.9 Å². The van der Waals surface area contributed by atoms with Gasteiger partial charge >= 0.3 is 0 Å². The molecular weight excluding hydrogens is 470 g/mol. The van der Waals surface area contributed by atoms with Crippen LogP contribution in [-0.2, 0) is 9.53 Å². The monoisotopic (exact) mass is 501 g/mol. The zero-order chi connectivity index (χ0) is 24.5. The number of thiophene rings is 1. The number of hydrogen-bond acceptors (Lipinski definition) is 6. The zero-order valence-electron chi connectivity index (χ0n) is 20.4. The molecule has 8 heteroatoms. The van der Waals surface area contributed by atoms with E-state index < -0.39 is 0 Å². The van der Waals surface area contributed by atoms with E-state index in [0.717, 1.165) is 78.4 Å². The number of fused-ring (bicyclic) bond motifs is 1. The van der Waals surface area contributed by atoms with E-state index in [1.807, 2.05) is 29.6 Å². The number of carbonyl (C=O) groups is 1. The van der Waals surface area contributed by atoms with Crippen LogP contribution in [0.1, 0.15) is 30.7 Å². The molecule has 1 unspecified atom stereocenters. The minimum atomic E-state index is -0.269. The first kappa shape index (κ1) is 23.2. The fourth-order valence-electron chi connectivity index (χ4n) is 5.40. The second-order valence-corrected chi connectivity index (χ2v) is 10.6. The summed E-state index contributed by atoms with van der Waals surface area (Å²) in [6, 6.07) is 18.7. The third-order valence-corrected chi connectivity index (χ3v) is 8.27. The maximum Gasteiger partial charge on any atom is 0.247 e. The van der Waals surface area contributed by atoms with Crippen LogP contribution < -0.4 is 10.2 Å². The Morgan fingerprint density at radius 3 is 2.69 bits per heavy atom. The first-order valence-corrected chi connectivity index (χ1v) is 13.6. The number of amides is 1. The van der Waals surface area contributed by atoms with Crippen molar-refractivity contribution in [3.63, 3.8) is 0 Å². The van der Waals surface area contributed by atoms with Crippen LogP contribution in [-0.4, -0.2) is 59.9 Å². The summed E-state index contributed by atoms with van der Waals surface area (Å²) < 4.78 is 5.47. The van der Waals surface area contributed by atoms with Crippen molar-refractivity contribution in [2.75, 3.05) is 43.1 Å². The van der Waals surface area contributed by atoms with Crippen molar-refractivity contribution in [3.05, 3.63) is 64.9 Å². The van der Waals surface area contributed by atoms with E-state index in [4.69, 9.17) is 4.74 Å². The number of carbonyl (C=O) groups excluding carboxylic acids is 1. The van der Waals surface area contributed by atoms with Crippen LogP contribution in [0.15, 0.2) is 60.0 Å². The molecule has 1 amide bonds. The van der Waals surface area contributed by atoms with Crippen LogP contribution in [0.4, 0.5) is 11.4 Å². The Labute approximate surface area is 215 Å². The van der Waals surface area contributed by atoms with Gasteiger partial charge < -0.3 is 15.0 Å². The summed E-state index contributed by atoms with van der Waals surface area (Å²) in [6.45, 7) is 6.53. The number of nitrogens with one attached hydrogen (secondary N) is 2. The van der Waals surface area contributed by atoms with Crippen LogP contribution in [0.5, 0.6) is 0 Å². The van der Waals surface area contributed by atoms with Crippen molar-refractivity contribution < 1.29 is 9.53 Å². The van der Waals surface area contributed by atoms with E-state index in [2.05, 4.69) is 62.6 Å². The fourth-order valence-corrected chi connectivity index (χ4v) is 6.25. The number of ether oxygens (including phenoxy) is 1. The molecule has 4 heterocycles. The number of nitrogens with zero attached hydrogens (tertiary/aromatic N) is 3. The molecule has 4 aromatic rings. The Morgan fingerprint density at radius 2 is 1.97 bits per heavy atom. The average molecular weight is 502 g/mol. The van der Waals surface area contributed by atoms with Gasteiger partial charge in [-0.05, 0) is 68.1 Å². The van der Waals surface area contributed by atoms with E-state index in [1.54, 1.807) is 11.3 Å². The van der Waals surface area contributed by atoms with Gasteiger partial charge in [-0.15, -0.1) is 11.3 Å². The Balaban J connectivity index is 1.25. The quantitative estimate of drug-likeness (QED) is 0.376. The van der Waals surface area contributed by atoms with Gasteiger partial charge in [0.1, 0.15) is 6.04 Å². The highest BCUT2D eigenvalue weighted by Crippen LogP contribution is 2.34. The molecule has 0 radical (unpaired) electrons. The molecular formula is C28H31N5O2S. The fraction of sp³-hybridized carbons (Fsp3) is 0.357. The molecule has 2 atom stereocenters. The summed E-state index contributed by atoms with van der Waals surface area (Å²) in [5.41, 5.74) is 4.86. The molecule has 2 aliphatic heterocycles. The Morgan fingerprint density at radius 1 is 1.14 bits per heavy atom. The van der Waals surface area contributed by atoms with Gasteiger partial charge in [0.15, 0.2) is 0 Å². The highest BCUT2D eigenvalue weighted by Gasteiger charge is 2.34. The lowest BCUT2D eigenvalue weighted by atomic mass is 10.1.